The standard InChI is InChI=1S/C71H138O17P2/c1-7-10-12-14-16-18-20-22-24-25-27-29-31-35-43-49-55-70(75)87-66(59-81-68(73)53-47-41-34-30-28-26-23-21-19-17-15-13-11-8-2)61-85-89(77,78)83-57-65(72)58-84-90(79,80)86-62-67(88-71(76)56-50-44-36-32-33-39-45-51-63(4)5)60-82-69(74)54-48-42-38-37-40-46-52-64(6)9-3/h63-67,72H,7-62H2,1-6H3,(H,77,78)(H,79,80)/t64?,65-,66-,67-/m1/s1. The second-order valence-corrected chi connectivity index (χ2v) is 29.3. The van der Waals surface area contributed by atoms with Gasteiger partial charge in [0, 0.05) is 25.7 Å². The Morgan fingerprint density at radius 3 is 0.844 bits per heavy atom. The zero-order valence-corrected chi connectivity index (χ0v) is 60.2. The Morgan fingerprint density at radius 2 is 0.567 bits per heavy atom. The molecule has 6 atom stereocenters. The van der Waals surface area contributed by atoms with Crippen LogP contribution >= 0.6 is 15.6 Å². The summed E-state index contributed by atoms with van der Waals surface area (Å²) < 4.78 is 68.3. The SMILES string of the molecule is CCCCCCCCCCCCCCCCCCC(=O)O[C@H](COC(=O)CCCCCCCCCCCCCCCC)COP(=O)(O)OC[C@@H](O)COP(=O)(O)OC[C@@H](COC(=O)CCCCCCCCC(C)CC)OC(=O)CCCCCCCCCC(C)C. The average molecular weight is 1330 g/mol. The van der Waals surface area contributed by atoms with E-state index in [4.69, 9.17) is 37.0 Å². The first kappa shape index (κ1) is 88.1. The molecule has 90 heavy (non-hydrogen) atoms. The number of hydrogen-bond acceptors (Lipinski definition) is 15. The maximum absolute atomic E-state index is 13.0. The van der Waals surface area contributed by atoms with Crippen molar-refractivity contribution in [3.05, 3.63) is 0 Å². The maximum atomic E-state index is 13.0. The highest BCUT2D eigenvalue weighted by atomic mass is 31.2. The van der Waals surface area contributed by atoms with Crippen LogP contribution in [0.3, 0.4) is 0 Å². The Kier molecular flexibility index (Phi) is 61.8. The number of phosphoric ester groups is 2. The third-order valence-corrected chi connectivity index (χ3v) is 18.7. The van der Waals surface area contributed by atoms with Gasteiger partial charge in [-0.25, -0.2) is 9.13 Å². The van der Waals surface area contributed by atoms with Gasteiger partial charge in [-0.1, -0.05) is 311 Å². The molecule has 0 aliphatic rings. The number of unbranched alkanes of at least 4 members (excludes halogenated alkanes) is 39. The molecule has 19 heteroatoms. The fourth-order valence-corrected chi connectivity index (χ4v) is 12.3. The first-order chi connectivity index (χ1) is 43.4. The largest absolute Gasteiger partial charge is 0.472 e. The summed E-state index contributed by atoms with van der Waals surface area (Å²) in [6.07, 6.45) is 48.7. The lowest BCUT2D eigenvalue weighted by atomic mass is 10.00. The van der Waals surface area contributed by atoms with Gasteiger partial charge in [0.25, 0.3) is 0 Å². The van der Waals surface area contributed by atoms with Crippen molar-refractivity contribution < 1.29 is 80.2 Å². The van der Waals surface area contributed by atoms with Crippen molar-refractivity contribution in [1.82, 2.24) is 0 Å². The van der Waals surface area contributed by atoms with Crippen LogP contribution in [0.5, 0.6) is 0 Å². The maximum Gasteiger partial charge on any atom is 0.472 e. The summed E-state index contributed by atoms with van der Waals surface area (Å²) in [6, 6.07) is 0. The van der Waals surface area contributed by atoms with E-state index in [9.17, 15) is 43.2 Å². The molecule has 0 saturated carbocycles. The highest BCUT2D eigenvalue weighted by Crippen LogP contribution is 2.45. The van der Waals surface area contributed by atoms with Crippen molar-refractivity contribution in [2.24, 2.45) is 11.8 Å². The molecule has 0 radical (unpaired) electrons. The summed E-state index contributed by atoms with van der Waals surface area (Å²) in [5.41, 5.74) is 0. The molecule has 0 fully saturated rings. The Bertz CT molecular complexity index is 1750. The van der Waals surface area contributed by atoms with Gasteiger partial charge in [0.2, 0.25) is 0 Å². The van der Waals surface area contributed by atoms with Crippen LogP contribution in [0.4, 0.5) is 0 Å². The molecule has 3 N–H and O–H groups in total. The molecule has 17 nitrogen and oxygen atoms in total. The topological polar surface area (TPSA) is 237 Å². The fourth-order valence-electron chi connectivity index (χ4n) is 10.7. The molecule has 0 aromatic carbocycles. The van der Waals surface area contributed by atoms with Crippen molar-refractivity contribution in [3.8, 4) is 0 Å². The van der Waals surface area contributed by atoms with Gasteiger partial charge >= 0.3 is 39.5 Å². The number of carbonyl (C=O) groups excluding carboxylic acids is 4. The van der Waals surface area contributed by atoms with Crippen LogP contribution in [0.2, 0.25) is 0 Å². The van der Waals surface area contributed by atoms with E-state index in [2.05, 4.69) is 41.5 Å². The zero-order valence-electron chi connectivity index (χ0n) is 58.4. The minimum atomic E-state index is -4.95. The summed E-state index contributed by atoms with van der Waals surface area (Å²) in [5, 5.41) is 10.6. The van der Waals surface area contributed by atoms with Crippen LogP contribution in [0.25, 0.3) is 0 Å². The summed E-state index contributed by atoms with van der Waals surface area (Å²) in [5.74, 6) is -0.698. The van der Waals surface area contributed by atoms with Crippen molar-refractivity contribution in [2.75, 3.05) is 39.6 Å². The van der Waals surface area contributed by atoms with Crippen LogP contribution in [-0.4, -0.2) is 96.7 Å². The van der Waals surface area contributed by atoms with E-state index in [1.165, 1.54) is 173 Å². The second-order valence-electron chi connectivity index (χ2n) is 26.3. The number of rotatable bonds is 70. The third-order valence-electron chi connectivity index (χ3n) is 16.8. The minimum absolute atomic E-state index is 0.103. The van der Waals surface area contributed by atoms with E-state index in [1.54, 1.807) is 0 Å². The van der Waals surface area contributed by atoms with Crippen LogP contribution in [0, 0.1) is 11.8 Å². The van der Waals surface area contributed by atoms with Gasteiger partial charge in [-0.05, 0) is 37.5 Å². The molecule has 0 spiro atoms. The molecule has 534 valence electrons. The number of phosphoric acid groups is 2. The predicted octanol–water partition coefficient (Wildman–Crippen LogP) is 20.4. The summed E-state index contributed by atoms with van der Waals surface area (Å²) in [6.45, 7) is 9.46. The minimum Gasteiger partial charge on any atom is -0.462 e. The van der Waals surface area contributed by atoms with Crippen LogP contribution in [0.15, 0.2) is 0 Å². The molecule has 0 bridgehead atoms. The first-order valence-corrected chi connectivity index (χ1v) is 40.0. The first-order valence-electron chi connectivity index (χ1n) is 37.0. The number of aliphatic hydroxyl groups excluding tert-OH is 1. The second kappa shape index (κ2) is 63.1. The Labute approximate surface area is 549 Å². The van der Waals surface area contributed by atoms with Crippen molar-refractivity contribution >= 4 is 39.5 Å². The molecule has 0 rings (SSSR count). The van der Waals surface area contributed by atoms with Gasteiger partial charge in [0.1, 0.15) is 19.3 Å². The summed E-state index contributed by atoms with van der Waals surface area (Å²) >= 11 is 0. The lowest BCUT2D eigenvalue weighted by Crippen LogP contribution is -2.30. The number of ether oxygens (including phenoxy) is 4. The Hall–Kier alpha value is -1.94. The molecular weight excluding hydrogens is 1190 g/mol. The highest BCUT2D eigenvalue weighted by molar-refractivity contribution is 7.47. The lowest BCUT2D eigenvalue weighted by Gasteiger charge is -2.21. The normalized spacial score (nSPS) is 14.4. The van der Waals surface area contributed by atoms with Gasteiger partial charge in [0.05, 0.1) is 26.4 Å². The zero-order chi connectivity index (χ0) is 66.5. The van der Waals surface area contributed by atoms with E-state index in [-0.39, 0.29) is 25.7 Å². The Balaban J connectivity index is 5.24. The van der Waals surface area contributed by atoms with Gasteiger partial charge in [-0.2, -0.15) is 0 Å². The molecule has 0 aromatic heterocycles. The lowest BCUT2D eigenvalue weighted by molar-refractivity contribution is -0.161. The smallest absolute Gasteiger partial charge is 0.462 e. The number of carbonyl (C=O) groups is 4. The number of esters is 4. The van der Waals surface area contributed by atoms with Crippen LogP contribution in [0.1, 0.15) is 363 Å². The van der Waals surface area contributed by atoms with Gasteiger partial charge in [-0.15, -0.1) is 0 Å². The quantitative estimate of drug-likeness (QED) is 0.0222. The average Bonchev–Trinajstić information content (AvgIpc) is 3.72. The fraction of sp³-hybridized carbons (Fsp3) is 0.944. The van der Waals surface area contributed by atoms with Crippen LogP contribution in [-0.2, 0) is 65.4 Å². The van der Waals surface area contributed by atoms with E-state index in [0.29, 0.717) is 31.6 Å². The number of aliphatic hydroxyl groups is 1. The van der Waals surface area contributed by atoms with Crippen molar-refractivity contribution in [2.45, 2.75) is 381 Å². The van der Waals surface area contributed by atoms with E-state index >= 15 is 0 Å². The van der Waals surface area contributed by atoms with E-state index in [0.717, 1.165) is 102 Å². The predicted molar refractivity (Wildman–Crippen MR) is 363 cm³/mol. The third kappa shape index (κ3) is 63.5. The molecule has 0 aromatic rings. The Morgan fingerprint density at radius 1 is 0.322 bits per heavy atom. The molecule has 0 aliphatic heterocycles. The number of hydrogen-bond donors (Lipinski definition) is 3. The molecule has 0 amide bonds. The van der Waals surface area contributed by atoms with E-state index < -0.39 is 97.5 Å². The highest BCUT2D eigenvalue weighted by Gasteiger charge is 2.30. The van der Waals surface area contributed by atoms with Gasteiger partial charge < -0.3 is 33.8 Å². The molecular formula is C71H138O17P2. The molecule has 0 saturated heterocycles. The van der Waals surface area contributed by atoms with Gasteiger partial charge in [-0.3, -0.25) is 37.3 Å². The van der Waals surface area contributed by atoms with Gasteiger partial charge in [0.15, 0.2) is 12.2 Å². The van der Waals surface area contributed by atoms with Crippen LogP contribution < -0.4 is 0 Å². The monoisotopic (exact) mass is 1320 g/mol. The molecule has 3 unspecified atom stereocenters. The molecule has 0 aliphatic carbocycles. The molecule has 0 heterocycles. The van der Waals surface area contributed by atoms with Crippen molar-refractivity contribution in [3.63, 3.8) is 0 Å². The summed E-state index contributed by atoms with van der Waals surface area (Å²) in [7, 11) is -9.90. The van der Waals surface area contributed by atoms with Crippen molar-refractivity contribution in [1.29, 1.82) is 0 Å². The summed E-state index contributed by atoms with van der Waals surface area (Å²) in [4.78, 5) is 72.6. The van der Waals surface area contributed by atoms with E-state index in [1.807, 2.05) is 0 Å².